The molecule has 0 radical (unpaired) electrons. The summed E-state index contributed by atoms with van der Waals surface area (Å²) in [5, 5.41) is 2.75. The molecule has 0 bridgehead atoms. The predicted octanol–water partition coefficient (Wildman–Crippen LogP) is 3.10. The summed E-state index contributed by atoms with van der Waals surface area (Å²) in [7, 11) is 3.09. The molecule has 6 heteroatoms. The van der Waals surface area contributed by atoms with Crippen molar-refractivity contribution in [3.05, 3.63) is 48.4 Å². The van der Waals surface area contributed by atoms with E-state index in [0.29, 0.717) is 28.3 Å². The standard InChI is InChI=1S/C16H14N2O4/c1-20-13-6-5-10(8-14(13)21-2)18-16(19)15-9-11-12(22-15)4-3-7-17-11/h3-9H,1-2H3,(H,18,19). The third-order valence-electron chi connectivity index (χ3n) is 3.15. The summed E-state index contributed by atoms with van der Waals surface area (Å²) in [6, 6.07) is 10.2. The Bertz CT molecular complexity index is 793. The smallest absolute Gasteiger partial charge is 0.291 e. The molecule has 0 atom stereocenters. The van der Waals surface area contributed by atoms with Gasteiger partial charge in [0.1, 0.15) is 5.52 Å². The van der Waals surface area contributed by atoms with E-state index in [1.54, 1.807) is 49.7 Å². The molecule has 0 saturated carbocycles. The van der Waals surface area contributed by atoms with E-state index in [2.05, 4.69) is 10.3 Å². The van der Waals surface area contributed by atoms with Crippen LogP contribution in [0, 0.1) is 0 Å². The Hall–Kier alpha value is -3.02. The van der Waals surface area contributed by atoms with Crippen molar-refractivity contribution >= 4 is 22.7 Å². The molecule has 0 aliphatic heterocycles. The molecule has 22 heavy (non-hydrogen) atoms. The van der Waals surface area contributed by atoms with Gasteiger partial charge in [0, 0.05) is 24.0 Å². The van der Waals surface area contributed by atoms with Gasteiger partial charge in [0.15, 0.2) is 22.8 Å². The number of rotatable bonds is 4. The number of hydrogen-bond acceptors (Lipinski definition) is 5. The minimum atomic E-state index is -0.356. The second kappa shape index (κ2) is 5.77. The van der Waals surface area contributed by atoms with Gasteiger partial charge < -0.3 is 19.2 Å². The number of nitrogens with one attached hydrogen (secondary N) is 1. The predicted molar refractivity (Wildman–Crippen MR) is 81.5 cm³/mol. The first-order valence-corrected chi connectivity index (χ1v) is 6.59. The van der Waals surface area contributed by atoms with Crippen molar-refractivity contribution in [2.24, 2.45) is 0 Å². The Balaban J connectivity index is 1.84. The lowest BCUT2D eigenvalue weighted by Crippen LogP contribution is -2.10. The van der Waals surface area contributed by atoms with Crippen LogP contribution in [0.2, 0.25) is 0 Å². The molecule has 1 aromatic carbocycles. The van der Waals surface area contributed by atoms with Crippen LogP contribution >= 0.6 is 0 Å². The van der Waals surface area contributed by atoms with Gasteiger partial charge in [-0.15, -0.1) is 0 Å². The van der Waals surface area contributed by atoms with Crippen LogP contribution in [-0.4, -0.2) is 25.1 Å². The van der Waals surface area contributed by atoms with Gasteiger partial charge in [0.2, 0.25) is 0 Å². The van der Waals surface area contributed by atoms with E-state index >= 15 is 0 Å². The number of aromatic nitrogens is 1. The van der Waals surface area contributed by atoms with Crippen LogP contribution in [0.3, 0.4) is 0 Å². The van der Waals surface area contributed by atoms with E-state index in [4.69, 9.17) is 13.9 Å². The van der Waals surface area contributed by atoms with E-state index in [1.807, 2.05) is 0 Å². The first-order valence-electron chi connectivity index (χ1n) is 6.59. The van der Waals surface area contributed by atoms with Gasteiger partial charge in [-0.2, -0.15) is 0 Å². The molecule has 1 amide bonds. The highest BCUT2D eigenvalue weighted by Gasteiger charge is 2.14. The number of hydrogen-bond donors (Lipinski definition) is 1. The first kappa shape index (κ1) is 13.9. The third-order valence-corrected chi connectivity index (χ3v) is 3.15. The van der Waals surface area contributed by atoms with Crippen LogP contribution in [0.4, 0.5) is 5.69 Å². The van der Waals surface area contributed by atoms with Crippen molar-refractivity contribution < 1.29 is 18.7 Å². The highest BCUT2D eigenvalue weighted by Crippen LogP contribution is 2.30. The average Bonchev–Trinajstić information content (AvgIpc) is 2.99. The second-order valence-electron chi connectivity index (χ2n) is 4.52. The minimum absolute atomic E-state index is 0.198. The van der Waals surface area contributed by atoms with Crippen molar-refractivity contribution in [3.63, 3.8) is 0 Å². The highest BCUT2D eigenvalue weighted by molar-refractivity contribution is 6.04. The number of fused-ring (bicyclic) bond motifs is 1. The summed E-state index contributed by atoms with van der Waals surface area (Å²) in [5.74, 6) is 0.966. The molecule has 0 unspecified atom stereocenters. The summed E-state index contributed by atoms with van der Waals surface area (Å²) >= 11 is 0. The lowest BCUT2D eigenvalue weighted by molar-refractivity contribution is 0.0998. The Kier molecular flexibility index (Phi) is 3.65. The molecule has 3 aromatic rings. The van der Waals surface area contributed by atoms with E-state index in [1.165, 1.54) is 7.11 Å². The quantitative estimate of drug-likeness (QED) is 0.801. The fourth-order valence-electron chi connectivity index (χ4n) is 2.09. The fraction of sp³-hybridized carbons (Fsp3) is 0.125. The van der Waals surface area contributed by atoms with Crippen molar-refractivity contribution in [2.45, 2.75) is 0 Å². The van der Waals surface area contributed by atoms with Crippen LogP contribution < -0.4 is 14.8 Å². The molecule has 3 rings (SSSR count). The van der Waals surface area contributed by atoms with Gasteiger partial charge in [-0.1, -0.05) is 0 Å². The molecule has 2 heterocycles. The minimum Gasteiger partial charge on any atom is -0.493 e. The number of nitrogens with zero attached hydrogens (tertiary/aromatic N) is 1. The fourth-order valence-corrected chi connectivity index (χ4v) is 2.09. The number of anilines is 1. The lowest BCUT2D eigenvalue weighted by atomic mass is 10.2. The van der Waals surface area contributed by atoms with Gasteiger partial charge in [-0.05, 0) is 24.3 Å². The van der Waals surface area contributed by atoms with E-state index in [9.17, 15) is 4.79 Å². The lowest BCUT2D eigenvalue weighted by Gasteiger charge is -2.09. The van der Waals surface area contributed by atoms with Crippen LogP contribution in [0.15, 0.2) is 47.0 Å². The van der Waals surface area contributed by atoms with Gasteiger partial charge >= 0.3 is 0 Å². The number of ether oxygens (including phenoxy) is 2. The maximum absolute atomic E-state index is 12.2. The Morgan fingerprint density at radius 1 is 1.14 bits per heavy atom. The number of methoxy groups -OCH3 is 2. The highest BCUT2D eigenvalue weighted by atomic mass is 16.5. The number of carbonyl (C=O) groups is 1. The number of carbonyl (C=O) groups excluding carboxylic acids is 1. The van der Waals surface area contributed by atoms with Crippen molar-refractivity contribution in [1.29, 1.82) is 0 Å². The SMILES string of the molecule is COc1ccc(NC(=O)c2cc3ncccc3o2)cc1OC. The monoisotopic (exact) mass is 298 g/mol. The summed E-state index contributed by atoms with van der Waals surface area (Å²) in [6.45, 7) is 0. The molecule has 0 aliphatic carbocycles. The largest absolute Gasteiger partial charge is 0.493 e. The van der Waals surface area contributed by atoms with Crippen LogP contribution in [0.5, 0.6) is 11.5 Å². The normalized spacial score (nSPS) is 10.5. The molecule has 6 nitrogen and oxygen atoms in total. The zero-order valence-electron chi connectivity index (χ0n) is 12.1. The molecule has 0 spiro atoms. The third kappa shape index (κ3) is 2.58. The maximum atomic E-state index is 12.2. The average molecular weight is 298 g/mol. The van der Waals surface area contributed by atoms with E-state index in [-0.39, 0.29) is 11.7 Å². The number of pyridine rings is 1. The molecular formula is C16H14N2O4. The number of furan rings is 1. The Morgan fingerprint density at radius 3 is 2.68 bits per heavy atom. The van der Waals surface area contributed by atoms with Crippen LogP contribution in [-0.2, 0) is 0 Å². The topological polar surface area (TPSA) is 73.6 Å². The molecule has 0 saturated heterocycles. The van der Waals surface area contributed by atoms with Gasteiger partial charge in [-0.25, -0.2) is 0 Å². The molecule has 2 aromatic heterocycles. The van der Waals surface area contributed by atoms with E-state index in [0.717, 1.165) is 0 Å². The zero-order chi connectivity index (χ0) is 15.5. The molecule has 0 aliphatic rings. The Labute approximate surface area is 126 Å². The second-order valence-corrected chi connectivity index (χ2v) is 4.52. The Morgan fingerprint density at radius 2 is 1.95 bits per heavy atom. The summed E-state index contributed by atoms with van der Waals surface area (Å²) in [6.07, 6.45) is 1.65. The summed E-state index contributed by atoms with van der Waals surface area (Å²) < 4.78 is 15.8. The van der Waals surface area contributed by atoms with Crippen LogP contribution in [0.25, 0.3) is 11.1 Å². The van der Waals surface area contributed by atoms with Crippen molar-refractivity contribution in [3.8, 4) is 11.5 Å². The molecule has 1 N–H and O–H groups in total. The summed E-state index contributed by atoms with van der Waals surface area (Å²) in [5.41, 5.74) is 1.79. The summed E-state index contributed by atoms with van der Waals surface area (Å²) in [4.78, 5) is 16.4. The van der Waals surface area contributed by atoms with Crippen molar-refractivity contribution in [2.75, 3.05) is 19.5 Å². The van der Waals surface area contributed by atoms with Gasteiger partial charge in [0.25, 0.3) is 5.91 Å². The van der Waals surface area contributed by atoms with Gasteiger partial charge in [0.05, 0.1) is 14.2 Å². The van der Waals surface area contributed by atoms with Crippen molar-refractivity contribution in [1.82, 2.24) is 4.98 Å². The molecule has 0 fully saturated rings. The van der Waals surface area contributed by atoms with Gasteiger partial charge in [-0.3, -0.25) is 9.78 Å². The number of amides is 1. The number of benzene rings is 1. The zero-order valence-corrected chi connectivity index (χ0v) is 12.1. The van der Waals surface area contributed by atoms with E-state index < -0.39 is 0 Å². The van der Waals surface area contributed by atoms with Crippen LogP contribution in [0.1, 0.15) is 10.6 Å². The first-order chi connectivity index (χ1) is 10.7. The maximum Gasteiger partial charge on any atom is 0.291 e. The molecular weight excluding hydrogens is 284 g/mol. The molecule has 112 valence electrons.